The molecule has 55 heavy (non-hydrogen) atoms. The number of benzene rings is 8. The maximum Gasteiger partial charge on any atom is 0.235 e. The van der Waals surface area contributed by atoms with Gasteiger partial charge in [0.15, 0.2) is 0 Å². The van der Waals surface area contributed by atoms with Crippen molar-refractivity contribution in [1.29, 1.82) is 0 Å². The fourth-order valence-electron chi connectivity index (χ4n) is 8.61. The Hall–Kier alpha value is -7.08. The van der Waals surface area contributed by atoms with Crippen LogP contribution < -0.4 is 0 Å². The maximum absolute atomic E-state index is 6.57. The summed E-state index contributed by atoms with van der Waals surface area (Å²) in [5.74, 6) is 0.617. The summed E-state index contributed by atoms with van der Waals surface area (Å²) in [6, 6.07) is 62.7. The smallest absolute Gasteiger partial charge is 0.235 e. The first-order valence-electron chi connectivity index (χ1n) is 18.5. The molecule has 0 radical (unpaired) electrons. The van der Waals surface area contributed by atoms with Crippen molar-refractivity contribution in [3.8, 4) is 17.2 Å². The highest BCUT2D eigenvalue weighted by atomic mass is 32.1. The van der Waals surface area contributed by atoms with Crippen molar-refractivity contribution in [2.24, 2.45) is 0 Å². The van der Waals surface area contributed by atoms with E-state index in [-0.39, 0.29) is 0 Å². The Kier molecular flexibility index (Phi) is 6.47. The maximum atomic E-state index is 6.57. The standard InChI is InChI=1S/C50H29N3OS/c1-2-15-31-30(14-1)34-18-6-11-26-46(34)55-47-27-12-7-19-35(47)40-29-44-41(28-39(31)40)32-16-4-9-24-43(32)53(44)50-51-42-23-8-3-20-37(42)48(52-50)38-22-13-21-36-33-17-5-10-25-45(33)54-49(36)38/h1-29H. The van der Waals surface area contributed by atoms with Crippen molar-refractivity contribution in [2.45, 2.75) is 0 Å². The van der Waals surface area contributed by atoms with Gasteiger partial charge in [0.25, 0.3) is 0 Å². The Balaban J connectivity index is 1.25. The van der Waals surface area contributed by atoms with E-state index in [1.165, 1.54) is 41.7 Å². The van der Waals surface area contributed by atoms with Crippen LogP contribution in [-0.4, -0.2) is 14.5 Å². The molecular weight excluding hydrogens is 691 g/mol. The highest BCUT2D eigenvalue weighted by molar-refractivity contribution is 7.24. The topological polar surface area (TPSA) is 43.9 Å². The van der Waals surface area contributed by atoms with E-state index in [0.29, 0.717) is 5.95 Å². The van der Waals surface area contributed by atoms with Gasteiger partial charge in [-0.25, -0.2) is 9.97 Å². The second kappa shape index (κ2) is 11.7. The first-order valence-corrected chi connectivity index (χ1v) is 19.3. The van der Waals surface area contributed by atoms with Crippen LogP contribution in [0.5, 0.6) is 0 Å². The lowest BCUT2D eigenvalue weighted by Gasteiger charge is -2.12. The summed E-state index contributed by atoms with van der Waals surface area (Å²) in [5.41, 5.74) is 6.45. The van der Waals surface area contributed by atoms with Gasteiger partial charge in [0.1, 0.15) is 11.2 Å². The van der Waals surface area contributed by atoms with Crippen LogP contribution in [0.4, 0.5) is 0 Å². The minimum Gasteiger partial charge on any atom is -0.455 e. The van der Waals surface area contributed by atoms with E-state index in [1.54, 1.807) is 0 Å². The number of aromatic nitrogens is 3. The third-order valence-corrected chi connectivity index (χ3v) is 12.2. The van der Waals surface area contributed by atoms with E-state index in [0.717, 1.165) is 65.9 Å². The summed E-state index contributed by atoms with van der Waals surface area (Å²) >= 11 is 1.83. The number of fused-ring (bicyclic) bond motifs is 14. The largest absolute Gasteiger partial charge is 0.455 e. The van der Waals surface area contributed by atoms with E-state index in [2.05, 4.69) is 162 Å². The van der Waals surface area contributed by atoms with E-state index >= 15 is 0 Å². The van der Waals surface area contributed by atoms with Crippen LogP contribution in [0.25, 0.3) is 114 Å². The summed E-state index contributed by atoms with van der Waals surface area (Å²) in [5, 5.41) is 12.7. The molecule has 0 unspecified atom stereocenters. The van der Waals surface area contributed by atoms with Gasteiger partial charge in [-0.2, -0.15) is 0 Å². The molecule has 0 spiro atoms. The molecule has 0 atom stereocenters. The zero-order chi connectivity index (χ0) is 36.0. The quantitative estimate of drug-likeness (QED) is 0.179. The summed E-state index contributed by atoms with van der Waals surface area (Å²) in [4.78, 5) is 10.8. The Morgan fingerprint density at radius 2 is 0.982 bits per heavy atom. The Labute approximate surface area is 318 Å². The molecule has 12 aromatic rings. The molecule has 0 bridgehead atoms. The van der Waals surface area contributed by atoms with Gasteiger partial charge in [-0.15, -0.1) is 11.3 Å². The minimum absolute atomic E-state index is 0.617. The number of nitrogens with zero attached hydrogens (tertiary/aromatic N) is 3. The molecule has 0 aliphatic heterocycles. The molecule has 0 aliphatic carbocycles. The van der Waals surface area contributed by atoms with Crippen LogP contribution in [0.1, 0.15) is 0 Å². The van der Waals surface area contributed by atoms with E-state index in [9.17, 15) is 0 Å². The third kappa shape index (κ3) is 4.51. The lowest BCUT2D eigenvalue weighted by Crippen LogP contribution is -2.03. The van der Waals surface area contributed by atoms with E-state index < -0.39 is 0 Å². The number of para-hydroxylation sites is 4. The zero-order valence-corrected chi connectivity index (χ0v) is 30.2. The normalized spacial score (nSPS) is 12.0. The van der Waals surface area contributed by atoms with Crippen LogP contribution in [-0.2, 0) is 0 Å². The molecule has 0 fully saturated rings. The molecule has 5 heteroatoms. The van der Waals surface area contributed by atoms with Crippen LogP contribution in [0, 0.1) is 0 Å². The van der Waals surface area contributed by atoms with Gasteiger partial charge in [-0.1, -0.05) is 127 Å². The lowest BCUT2D eigenvalue weighted by molar-refractivity contribution is 0.670. The van der Waals surface area contributed by atoms with Crippen molar-refractivity contribution in [1.82, 2.24) is 14.5 Å². The first kappa shape index (κ1) is 30.4. The van der Waals surface area contributed by atoms with Crippen LogP contribution in [0.15, 0.2) is 180 Å². The molecule has 4 heterocycles. The summed E-state index contributed by atoms with van der Waals surface area (Å²) in [7, 11) is 0. The van der Waals surface area contributed by atoms with Crippen LogP contribution in [0.2, 0.25) is 0 Å². The summed E-state index contributed by atoms with van der Waals surface area (Å²) < 4.78 is 11.3. The van der Waals surface area contributed by atoms with Crippen molar-refractivity contribution >= 4 is 108 Å². The molecular formula is C50H29N3OS. The second-order valence-electron chi connectivity index (χ2n) is 14.1. The fourth-order valence-corrected chi connectivity index (χ4v) is 9.71. The number of hydrogen-bond donors (Lipinski definition) is 0. The van der Waals surface area contributed by atoms with Crippen molar-refractivity contribution in [3.05, 3.63) is 176 Å². The summed E-state index contributed by atoms with van der Waals surface area (Å²) in [6.07, 6.45) is 0. The van der Waals surface area contributed by atoms with Gasteiger partial charge < -0.3 is 4.42 Å². The van der Waals surface area contributed by atoms with Crippen LogP contribution in [0.3, 0.4) is 0 Å². The Morgan fingerprint density at radius 3 is 1.78 bits per heavy atom. The van der Waals surface area contributed by atoms with Crippen LogP contribution >= 0.6 is 11.3 Å². The highest BCUT2D eigenvalue weighted by Crippen LogP contribution is 2.42. The van der Waals surface area contributed by atoms with E-state index in [4.69, 9.17) is 14.4 Å². The molecule has 4 nitrogen and oxygen atoms in total. The van der Waals surface area contributed by atoms with Crippen molar-refractivity contribution in [3.63, 3.8) is 0 Å². The van der Waals surface area contributed by atoms with Gasteiger partial charge in [-0.3, -0.25) is 4.57 Å². The second-order valence-corrected chi connectivity index (χ2v) is 15.2. The molecule has 0 N–H and O–H groups in total. The third-order valence-electron chi connectivity index (χ3n) is 11.1. The average molecular weight is 720 g/mol. The predicted molar refractivity (Wildman–Crippen MR) is 232 cm³/mol. The van der Waals surface area contributed by atoms with Gasteiger partial charge >= 0.3 is 0 Å². The molecule has 0 amide bonds. The van der Waals surface area contributed by atoms with E-state index in [1.807, 2.05) is 29.5 Å². The molecule has 8 aromatic carbocycles. The monoisotopic (exact) mass is 719 g/mol. The molecule has 0 saturated carbocycles. The van der Waals surface area contributed by atoms with Gasteiger partial charge in [0.05, 0.1) is 22.2 Å². The Bertz CT molecular complexity index is 3630. The number of hydrogen-bond acceptors (Lipinski definition) is 4. The van der Waals surface area contributed by atoms with Crippen molar-refractivity contribution in [2.75, 3.05) is 0 Å². The predicted octanol–water partition coefficient (Wildman–Crippen LogP) is 14.1. The van der Waals surface area contributed by atoms with Gasteiger partial charge in [-0.05, 0) is 80.8 Å². The number of furan rings is 1. The van der Waals surface area contributed by atoms with Gasteiger partial charge in [0.2, 0.25) is 5.95 Å². The zero-order valence-electron chi connectivity index (χ0n) is 29.4. The molecule has 0 aliphatic rings. The van der Waals surface area contributed by atoms with Crippen molar-refractivity contribution < 1.29 is 4.42 Å². The molecule has 12 rings (SSSR count). The Morgan fingerprint density at radius 1 is 0.400 bits per heavy atom. The molecule has 4 aromatic heterocycles. The average Bonchev–Trinajstić information content (AvgIpc) is 3.80. The molecule has 0 saturated heterocycles. The molecule has 256 valence electrons. The number of rotatable bonds is 2. The lowest BCUT2D eigenvalue weighted by atomic mass is 9.99. The highest BCUT2D eigenvalue weighted by Gasteiger charge is 2.21. The first-order chi connectivity index (χ1) is 27.3. The fraction of sp³-hybridized carbons (Fsp3) is 0. The minimum atomic E-state index is 0.617. The summed E-state index contributed by atoms with van der Waals surface area (Å²) in [6.45, 7) is 0. The SMILES string of the molecule is c1ccc2c(-c3cccc4c3oc3ccccc34)nc(-n3c4ccccc4c4cc5c(cc43)c3ccccc3sc3ccccc3c3ccccc35)nc2c1. The van der Waals surface area contributed by atoms with Gasteiger partial charge in [0, 0.05) is 41.9 Å².